The van der Waals surface area contributed by atoms with Crippen LogP contribution in [0.1, 0.15) is 13.8 Å². The van der Waals surface area contributed by atoms with Gasteiger partial charge in [0.25, 0.3) is 0 Å². The number of nitrogens with one attached hydrogen (secondary N) is 1. The molecule has 2 rings (SSSR count). The van der Waals surface area contributed by atoms with Crippen LogP contribution in [0.25, 0.3) is 0 Å². The molecule has 0 aromatic carbocycles. The number of hydrogen-bond donors (Lipinski definition) is 1. The molecule has 2 aromatic rings. The molecule has 0 unspecified atom stereocenters. The Bertz CT molecular complexity index is 519. The van der Waals surface area contributed by atoms with E-state index in [4.69, 9.17) is 4.74 Å². The summed E-state index contributed by atoms with van der Waals surface area (Å²) >= 11 is 1.42. The summed E-state index contributed by atoms with van der Waals surface area (Å²) in [7, 11) is 1.87. The minimum absolute atomic E-state index is 0.333. The molecular formula is C11H16N6OS. The van der Waals surface area contributed by atoms with Crippen LogP contribution in [0.4, 0.5) is 5.95 Å². The third kappa shape index (κ3) is 3.82. The highest BCUT2D eigenvalue weighted by Gasteiger charge is 2.09. The molecule has 1 N–H and O–H groups in total. The Morgan fingerprint density at radius 3 is 2.79 bits per heavy atom. The lowest BCUT2D eigenvalue weighted by atomic mass is 10.7. The van der Waals surface area contributed by atoms with Crippen molar-refractivity contribution in [2.75, 3.05) is 18.5 Å². The lowest BCUT2D eigenvalue weighted by molar-refractivity contribution is 0.308. The van der Waals surface area contributed by atoms with Crippen LogP contribution in [-0.4, -0.2) is 37.9 Å². The third-order valence-electron chi connectivity index (χ3n) is 2.09. The second-order valence-electron chi connectivity index (χ2n) is 3.64. The van der Waals surface area contributed by atoms with E-state index in [0.29, 0.717) is 23.7 Å². The summed E-state index contributed by atoms with van der Waals surface area (Å²) in [6.45, 7) is 5.14. The fraction of sp³-hybridized carbons (Fsp3) is 0.455. The zero-order valence-corrected chi connectivity index (χ0v) is 11.9. The standard InChI is InChI=1S/C11H16N6OS/c1-4-12-9-14-10(18-5-2)16-11(15-9)19-8-6-13-17(3)7-8/h6-7H,4-5H2,1-3H3,(H,12,14,15,16). The van der Waals surface area contributed by atoms with Gasteiger partial charge in [-0.3, -0.25) is 4.68 Å². The van der Waals surface area contributed by atoms with Crippen molar-refractivity contribution < 1.29 is 4.74 Å². The highest BCUT2D eigenvalue weighted by Crippen LogP contribution is 2.25. The van der Waals surface area contributed by atoms with Gasteiger partial charge in [-0.25, -0.2) is 0 Å². The maximum Gasteiger partial charge on any atom is 0.322 e. The van der Waals surface area contributed by atoms with Gasteiger partial charge in [0.1, 0.15) is 0 Å². The smallest absolute Gasteiger partial charge is 0.322 e. The summed E-state index contributed by atoms with van der Waals surface area (Å²) < 4.78 is 7.07. The van der Waals surface area contributed by atoms with Crippen LogP contribution in [-0.2, 0) is 7.05 Å². The first kappa shape index (κ1) is 13.6. The topological polar surface area (TPSA) is 77.8 Å². The number of rotatable bonds is 6. The van der Waals surface area contributed by atoms with Gasteiger partial charge in [0.15, 0.2) is 0 Å². The molecule has 0 saturated carbocycles. The number of nitrogens with zero attached hydrogens (tertiary/aromatic N) is 5. The van der Waals surface area contributed by atoms with Crippen molar-refractivity contribution in [3.63, 3.8) is 0 Å². The van der Waals surface area contributed by atoms with E-state index in [-0.39, 0.29) is 0 Å². The molecule has 0 amide bonds. The van der Waals surface area contributed by atoms with Crippen molar-refractivity contribution in [3.05, 3.63) is 12.4 Å². The highest BCUT2D eigenvalue weighted by molar-refractivity contribution is 7.99. The first-order valence-electron chi connectivity index (χ1n) is 6.00. The molecule has 0 aliphatic rings. The minimum atomic E-state index is 0.333. The Labute approximate surface area is 115 Å². The SMILES string of the molecule is CCNc1nc(OCC)nc(Sc2cnn(C)c2)n1. The summed E-state index contributed by atoms with van der Waals surface area (Å²) in [5.41, 5.74) is 0. The largest absolute Gasteiger partial charge is 0.464 e. The van der Waals surface area contributed by atoms with Crippen LogP contribution in [0.5, 0.6) is 6.01 Å². The summed E-state index contributed by atoms with van der Waals surface area (Å²) in [6, 6.07) is 0.333. The second-order valence-corrected chi connectivity index (χ2v) is 4.68. The molecule has 0 fully saturated rings. The van der Waals surface area contributed by atoms with E-state index in [0.717, 1.165) is 11.4 Å². The average Bonchev–Trinajstić information content (AvgIpc) is 2.75. The quantitative estimate of drug-likeness (QED) is 0.860. The third-order valence-corrected chi connectivity index (χ3v) is 2.90. The van der Waals surface area contributed by atoms with Crippen molar-refractivity contribution in [2.45, 2.75) is 23.9 Å². The summed E-state index contributed by atoms with van der Waals surface area (Å²) in [4.78, 5) is 13.7. The summed E-state index contributed by atoms with van der Waals surface area (Å²) in [5.74, 6) is 0.521. The van der Waals surface area contributed by atoms with Gasteiger partial charge in [-0.2, -0.15) is 20.1 Å². The molecule has 0 spiro atoms. The predicted molar refractivity (Wildman–Crippen MR) is 72.5 cm³/mol. The number of hydrogen-bond acceptors (Lipinski definition) is 7. The van der Waals surface area contributed by atoms with Crippen LogP contribution >= 0.6 is 11.8 Å². The van der Waals surface area contributed by atoms with Gasteiger partial charge in [-0.15, -0.1) is 0 Å². The van der Waals surface area contributed by atoms with Gasteiger partial charge >= 0.3 is 6.01 Å². The van der Waals surface area contributed by atoms with Gasteiger partial charge in [0.2, 0.25) is 11.1 Å². The van der Waals surface area contributed by atoms with E-state index in [1.165, 1.54) is 11.8 Å². The van der Waals surface area contributed by atoms with Crippen LogP contribution < -0.4 is 10.1 Å². The van der Waals surface area contributed by atoms with Crippen molar-refractivity contribution in [1.29, 1.82) is 0 Å². The normalized spacial score (nSPS) is 10.5. The average molecular weight is 280 g/mol. The van der Waals surface area contributed by atoms with Gasteiger partial charge in [-0.1, -0.05) is 0 Å². The van der Waals surface area contributed by atoms with E-state index in [9.17, 15) is 0 Å². The van der Waals surface area contributed by atoms with Crippen LogP contribution in [0.15, 0.2) is 22.4 Å². The van der Waals surface area contributed by atoms with Crippen molar-refractivity contribution in [3.8, 4) is 6.01 Å². The number of anilines is 1. The molecule has 2 heterocycles. The summed E-state index contributed by atoms with van der Waals surface area (Å²) in [5, 5.41) is 7.75. The minimum Gasteiger partial charge on any atom is -0.464 e. The molecule has 0 aliphatic carbocycles. The van der Waals surface area contributed by atoms with Crippen LogP contribution in [0.3, 0.4) is 0 Å². The van der Waals surface area contributed by atoms with Gasteiger partial charge < -0.3 is 10.1 Å². The maximum atomic E-state index is 5.34. The highest BCUT2D eigenvalue weighted by atomic mass is 32.2. The van der Waals surface area contributed by atoms with Crippen molar-refractivity contribution in [2.24, 2.45) is 7.05 Å². The van der Waals surface area contributed by atoms with E-state index >= 15 is 0 Å². The molecule has 0 atom stereocenters. The van der Waals surface area contributed by atoms with E-state index in [2.05, 4.69) is 25.4 Å². The van der Waals surface area contributed by atoms with Crippen LogP contribution in [0.2, 0.25) is 0 Å². The molecule has 0 aliphatic heterocycles. The van der Waals surface area contributed by atoms with Gasteiger partial charge in [0, 0.05) is 19.8 Å². The zero-order valence-electron chi connectivity index (χ0n) is 11.1. The predicted octanol–water partition coefficient (Wildman–Crippen LogP) is 1.59. The van der Waals surface area contributed by atoms with E-state index in [1.54, 1.807) is 10.9 Å². The Balaban J connectivity index is 2.22. The maximum absolute atomic E-state index is 5.34. The van der Waals surface area contributed by atoms with Crippen molar-refractivity contribution >= 4 is 17.7 Å². The molecule has 0 radical (unpaired) electrons. The number of aromatic nitrogens is 5. The molecule has 7 nitrogen and oxygen atoms in total. The number of ether oxygens (including phenoxy) is 1. The molecule has 2 aromatic heterocycles. The fourth-order valence-corrected chi connectivity index (χ4v) is 2.14. The first-order valence-corrected chi connectivity index (χ1v) is 6.82. The zero-order chi connectivity index (χ0) is 13.7. The first-order chi connectivity index (χ1) is 9.21. The molecular weight excluding hydrogens is 264 g/mol. The van der Waals surface area contributed by atoms with E-state index in [1.807, 2.05) is 27.1 Å². The van der Waals surface area contributed by atoms with Crippen molar-refractivity contribution in [1.82, 2.24) is 24.7 Å². The van der Waals surface area contributed by atoms with E-state index < -0.39 is 0 Å². The molecule has 8 heteroatoms. The lowest BCUT2D eigenvalue weighted by Gasteiger charge is -2.06. The Morgan fingerprint density at radius 1 is 1.32 bits per heavy atom. The molecule has 0 saturated heterocycles. The Hall–Kier alpha value is -1.83. The second kappa shape index (κ2) is 6.37. The molecule has 0 bridgehead atoms. The van der Waals surface area contributed by atoms with Gasteiger partial charge in [-0.05, 0) is 25.6 Å². The fourth-order valence-electron chi connectivity index (χ4n) is 1.37. The Morgan fingerprint density at radius 2 is 2.16 bits per heavy atom. The van der Waals surface area contributed by atoms with Crippen LogP contribution in [0, 0.1) is 0 Å². The molecule has 102 valence electrons. The monoisotopic (exact) mass is 280 g/mol. The lowest BCUT2D eigenvalue weighted by Crippen LogP contribution is -2.07. The number of aryl methyl sites for hydroxylation is 1. The molecule has 19 heavy (non-hydrogen) atoms. The van der Waals surface area contributed by atoms with Gasteiger partial charge in [0.05, 0.1) is 17.7 Å². The summed E-state index contributed by atoms with van der Waals surface area (Å²) in [6.07, 6.45) is 3.67. The Kier molecular flexibility index (Phi) is 4.56.